The second kappa shape index (κ2) is 5.46. The van der Waals surface area contributed by atoms with Gasteiger partial charge in [0.25, 0.3) is 0 Å². The maximum absolute atomic E-state index is 11.6. The van der Waals surface area contributed by atoms with Crippen LogP contribution in [0.25, 0.3) is 0 Å². The minimum atomic E-state index is 0.169. The summed E-state index contributed by atoms with van der Waals surface area (Å²) in [6, 6.07) is 5.71. The minimum absolute atomic E-state index is 0.169. The number of alkyl halides is 1. The summed E-state index contributed by atoms with van der Waals surface area (Å²) in [7, 11) is 0. The number of benzene rings is 1. The fourth-order valence-corrected chi connectivity index (χ4v) is 2.28. The number of hydrogen-bond acceptors (Lipinski definition) is 1. The molecule has 0 saturated heterocycles. The lowest BCUT2D eigenvalue weighted by Gasteiger charge is -2.03. The first-order chi connectivity index (χ1) is 6.16. The van der Waals surface area contributed by atoms with Gasteiger partial charge in [-0.25, -0.2) is 0 Å². The fraction of sp³-hybridized carbons (Fsp3) is 0.222. The van der Waals surface area contributed by atoms with Crippen molar-refractivity contribution >= 4 is 60.2 Å². The van der Waals surface area contributed by atoms with Crippen LogP contribution in [0.5, 0.6) is 0 Å². The van der Waals surface area contributed by atoms with Crippen molar-refractivity contribution in [2.24, 2.45) is 0 Å². The summed E-state index contributed by atoms with van der Waals surface area (Å²) in [5, 5.41) is 0.712. The van der Waals surface area contributed by atoms with Gasteiger partial charge in [-0.3, -0.25) is 4.79 Å². The van der Waals surface area contributed by atoms with Gasteiger partial charge >= 0.3 is 0 Å². The Morgan fingerprint density at radius 3 is 2.77 bits per heavy atom. The van der Waals surface area contributed by atoms with E-state index in [1.54, 1.807) is 0 Å². The Kier molecular flexibility index (Phi) is 4.89. The molecule has 1 rings (SSSR count). The first-order valence-corrected chi connectivity index (χ1v) is 6.69. The highest BCUT2D eigenvalue weighted by Gasteiger charge is 2.10. The molecule has 1 aromatic carbocycles. The standard InChI is InChI=1S/C9H7Br2IO/c10-5-4-8(13)6-2-1-3-7(12)9(6)11/h1-3H,4-5H2. The molecule has 0 radical (unpaired) electrons. The van der Waals surface area contributed by atoms with Crippen LogP contribution in [-0.2, 0) is 0 Å². The monoisotopic (exact) mass is 416 g/mol. The summed E-state index contributed by atoms with van der Waals surface area (Å²) in [6.45, 7) is 0. The Labute approximate surface area is 108 Å². The van der Waals surface area contributed by atoms with E-state index in [9.17, 15) is 4.79 Å². The summed E-state index contributed by atoms with van der Waals surface area (Å²) in [5.74, 6) is 0.169. The van der Waals surface area contributed by atoms with Gasteiger partial charge < -0.3 is 0 Å². The number of hydrogen-bond donors (Lipinski definition) is 0. The quantitative estimate of drug-likeness (QED) is 0.412. The number of carbonyl (C=O) groups excluding carboxylic acids is 1. The fourth-order valence-electron chi connectivity index (χ4n) is 0.940. The number of Topliss-reactive ketones (excluding diaryl/α,β-unsaturated/α-hetero) is 1. The van der Waals surface area contributed by atoms with Gasteiger partial charge in [-0.05, 0) is 44.6 Å². The van der Waals surface area contributed by atoms with E-state index in [1.807, 2.05) is 18.2 Å². The van der Waals surface area contributed by atoms with Crippen LogP contribution in [0.3, 0.4) is 0 Å². The summed E-state index contributed by atoms with van der Waals surface area (Å²) >= 11 is 8.86. The third-order valence-electron chi connectivity index (χ3n) is 1.57. The molecular weight excluding hydrogens is 411 g/mol. The first kappa shape index (κ1) is 11.7. The van der Waals surface area contributed by atoms with E-state index in [0.29, 0.717) is 11.8 Å². The lowest BCUT2D eigenvalue weighted by molar-refractivity contribution is 0.0989. The lowest BCUT2D eigenvalue weighted by Crippen LogP contribution is -2.01. The average molecular weight is 418 g/mol. The normalized spacial score (nSPS) is 10.1. The van der Waals surface area contributed by atoms with Crippen molar-refractivity contribution < 1.29 is 4.79 Å². The van der Waals surface area contributed by atoms with Crippen LogP contribution in [-0.4, -0.2) is 11.1 Å². The third kappa shape index (κ3) is 3.02. The number of ketones is 1. The molecule has 4 heteroatoms. The van der Waals surface area contributed by atoms with Crippen molar-refractivity contribution in [1.29, 1.82) is 0 Å². The van der Waals surface area contributed by atoms with E-state index < -0.39 is 0 Å². The van der Waals surface area contributed by atoms with Gasteiger partial charge in [-0.15, -0.1) is 0 Å². The molecular formula is C9H7Br2IO. The highest BCUT2D eigenvalue weighted by Crippen LogP contribution is 2.24. The molecule has 0 aliphatic carbocycles. The van der Waals surface area contributed by atoms with Gasteiger partial charge in [-0.2, -0.15) is 0 Å². The van der Waals surface area contributed by atoms with Crippen molar-refractivity contribution in [3.05, 3.63) is 31.8 Å². The molecule has 0 saturated carbocycles. The second-order valence-electron chi connectivity index (χ2n) is 2.46. The Bertz CT molecular complexity index is 325. The average Bonchev–Trinajstić information content (AvgIpc) is 2.10. The smallest absolute Gasteiger partial charge is 0.164 e. The molecule has 0 aliphatic heterocycles. The maximum Gasteiger partial charge on any atom is 0.164 e. The molecule has 1 nitrogen and oxygen atoms in total. The molecule has 0 aliphatic rings. The minimum Gasteiger partial charge on any atom is -0.294 e. The summed E-state index contributed by atoms with van der Waals surface area (Å²) in [5.41, 5.74) is 0.770. The molecule has 0 spiro atoms. The Hall–Kier alpha value is 0.580. The number of halogens is 3. The van der Waals surface area contributed by atoms with Gasteiger partial charge in [0.2, 0.25) is 0 Å². The van der Waals surface area contributed by atoms with E-state index in [1.165, 1.54) is 0 Å². The predicted octanol–water partition coefficient (Wildman–Crippen LogP) is 4.02. The number of rotatable bonds is 3. The van der Waals surface area contributed by atoms with Gasteiger partial charge in [0.1, 0.15) is 0 Å². The molecule has 0 heterocycles. The molecule has 0 fully saturated rings. The Morgan fingerprint density at radius 1 is 1.46 bits per heavy atom. The molecule has 1 aromatic rings. The SMILES string of the molecule is O=C(CCBr)c1cccc(I)c1Br. The van der Waals surface area contributed by atoms with E-state index in [-0.39, 0.29) is 5.78 Å². The molecule has 70 valence electrons. The van der Waals surface area contributed by atoms with E-state index in [0.717, 1.165) is 13.6 Å². The van der Waals surface area contributed by atoms with Crippen molar-refractivity contribution in [2.45, 2.75) is 6.42 Å². The van der Waals surface area contributed by atoms with Gasteiger partial charge in [0, 0.05) is 25.4 Å². The van der Waals surface area contributed by atoms with E-state index in [4.69, 9.17) is 0 Å². The van der Waals surface area contributed by atoms with Gasteiger partial charge in [-0.1, -0.05) is 28.1 Å². The molecule has 13 heavy (non-hydrogen) atoms. The topological polar surface area (TPSA) is 17.1 Å². The summed E-state index contributed by atoms with van der Waals surface area (Å²) in [4.78, 5) is 11.6. The highest BCUT2D eigenvalue weighted by molar-refractivity contribution is 14.1. The van der Waals surface area contributed by atoms with E-state index >= 15 is 0 Å². The van der Waals surface area contributed by atoms with Gasteiger partial charge in [0.15, 0.2) is 5.78 Å². The highest BCUT2D eigenvalue weighted by atomic mass is 127. The third-order valence-corrected chi connectivity index (χ3v) is 4.46. The summed E-state index contributed by atoms with van der Waals surface area (Å²) in [6.07, 6.45) is 0.540. The maximum atomic E-state index is 11.6. The first-order valence-electron chi connectivity index (χ1n) is 3.70. The Morgan fingerprint density at radius 2 is 2.15 bits per heavy atom. The van der Waals surface area contributed by atoms with Crippen molar-refractivity contribution in [3.63, 3.8) is 0 Å². The van der Waals surface area contributed by atoms with Crippen LogP contribution in [0.1, 0.15) is 16.8 Å². The largest absolute Gasteiger partial charge is 0.294 e. The zero-order valence-electron chi connectivity index (χ0n) is 6.69. The Balaban J connectivity index is 3.01. The zero-order valence-corrected chi connectivity index (χ0v) is 12.0. The second-order valence-corrected chi connectivity index (χ2v) is 5.21. The molecule has 0 N–H and O–H groups in total. The van der Waals surface area contributed by atoms with Crippen molar-refractivity contribution in [1.82, 2.24) is 0 Å². The molecule has 0 unspecified atom stereocenters. The number of carbonyl (C=O) groups is 1. The molecule has 0 aromatic heterocycles. The molecule has 0 bridgehead atoms. The van der Waals surface area contributed by atoms with E-state index in [2.05, 4.69) is 54.5 Å². The van der Waals surface area contributed by atoms with Crippen LogP contribution >= 0.6 is 54.5 Å². The van der Waals surface area contributed by atoms with Crippen LogP contribution < -0.4 is 0 Å². The van der Waals surface area contributed by atoms with Gasteiger partial charge in [0.05, 0.1) is 0 Å². The lowest BCUT2D eigenvalue weighted by atomic mass is 10.1. The van der Waals surface area contributed by atoms with Crippen LogP contribution in [0, 0.1) is 3.57 Å². The van der Waals surface area contributed by atoms with Crippen LogP contribution in [0.4, 0.5) is 0 Å². The predicted molar refractivity (Wildman–Crippen MR) is 69.6 cm³/mol. The van der Waals surface area contributed by atoms with Crippen molar-refractivity contribution in [2.75, 3.05) is 5.33 Å². The molecule has 0 atom stereocenters. The molecule has 0 amide bonds. The zero-order chi connectivity index (χ0) is 9.84. The van der Waals surface area contributed by atoms with Crippen LogP contribution in [0.15, 0.2) is 22.7 Å². The van der Waals surface area contributed by atoms with Crippen LogP contribution in [0.2, 0.25) is 0 Å². The van der Waals surface area contributed by atoms with Crippen molar-refractivity contribution in [3.8, 4) is 0 Å². The summed E-state index contributed by atoms with van der Waals surface area (Å²) < 4.78 is 1.97.